The number of aliphatic hydroxyl groups excluding tert-OH is 1. The van der Waals surface area contributed by atoms with E-state index in [1.54, 1.807) is 14.4 Å². The van der Waals surface area contributed by atoms with E-state index in [1.807, 2.05) is 12.1 Å². The molecular formula is C25H33N3O6. The highest BCUT2D eigenvalue weighted by Gasteiger charge is 2.58. The number of morpholine rings is 1. The fraction of sp³-hybridized carbons (Fsp3) is 0.640. The normalized spacial score (nSPS) is 28.5. The molecule has 1 aromatic heterocycles. The van der Waals surface area contributed by atoms with E-state index in [9.17, 15) is 19.5 Å². The van der Waals surface area contributed by atoms with Gasteiger partial charge in [-0.2, -0.15) is 0 Å². The highest BCUT2D eigenvalue weighted by atomic mass is 16.5. The molecule has 0 radical (unpaired) electrons. The molecule has 0 unspecified atom stereocenters. The number of rotatable bonds is 5. The SMILES string of the molecule is COCC(=O)N1[C@H](C(=O)N2CCOCC2)[C@@H](CO)[C@@H]2Cn3c(ccc(C4=CCCCC4)c3=O)[C@@H]21. The first kappa shape index (κ1) is 23.3. The summed E-state index contributed by atoms with van der Waals surface area (Å²) in [5.41, 5.74) is 2.50. The second-order valence-corrected chi connectivity index (χ2v) is 9.63. The third-order valence-corrected chi connectivity index (χ3v) is 7.84. The van der Waals surface area contributed by atoms with Crippen LogP contribution in [0.4, 0.5) is 0 Å². The van der Waals surface area contributed by atoms with Crippen molar-refractivity contribution in [1.82, 2.24) is 14.4 Å². The highest BCUT2D eigenvalue weighted by molar-refractivity contribution is 5.90. The van der Waals surface area contributed by atoms with Crippen molar-refractivity contribution in [2.75, 3.05) is 46.6 Å². The van der Waals surface area contributed by atoms with Crippen LogP contribution in [-0.4, -0.2) is 84.0 Å². The highest BCUT2D eigenvalue weighted by Crippen LogP contribution is 2.49. The maximum atomic E-state index is 13.6. The number of carbonyl (C=O) groups is 2. The van der Waals surface area contributed by atoms with E-state index in [-0.39, 0.29) is 36.5 Å². The van der Waals surface area contributed by atoms with Crippen molar-refractivity contribution in [3.05, 3.63) is 39.8 Å². The Morgan fingerprint density at radius 2 is 2.00 bits per heavy atom. The first-order chi connectivity index (χ1) is 16.6. The molecule has 0 bridgehead atoms. The molecule has 4 heterocycles. The predicted octanol–water partition coefficient (Wildman–Crippen LogP) is 0.801. The third-order valence-electron chi connectivity index (χ3n) is 7.84. The summed E-state index contributed by atoms with van der Waals surface area (Å²) in [5, 5.41) is 10.4. The Labute approximate surface area is 198 Å². The third kappa shape index (κ3) is 3.79. The van der Waals surface area contributed by atoms with Crippen LogP contribution in [0.2, 0.25) is 0 Å². The van der Waals surface area contributed by atoms with E-state index in [4.69, 9.17) is 9.47 Å². The quantitative estimate of drug-likeness (QED) is 0.682. The van der Waals surface area contributed by atoms with Crippen molar-refractivity contribution in [1.29, 1.82) is 0 Å². The van der Waals surface area contributed by atoms with Gasteiger partial charge in [0.05, 0.1) is 19.3 Å². The van der Waals surface area contributed by atoms with E-state index in [2.05, 4.69) is 6.08 Å². The van der Waals surface area contributed by atoms with Crippen LogP contribution in [0.5, 0.6) is 0 Å². The van der Waals surface area contributed by atoms with Crippen molar-refractivity contribution in [2.24, 2.45) is 11.8 Å². The number of carbonyl (C=O) groups excluding carboxylic acids is 2. The van der Waals surface area contributed by atoms with Crippen molar-refractivity contribution in [3.63, 3.8) is 0 Å². The number of hydrogen-bond acceptors (Lipinski definition) is 6. The summed E-state index contributed by atoms with van der Waals surface area (Å²) >= 11 is 0. The number of allylic oxidation sites excluding steroid dienone is 2. The zero-order chi connectivity index (χ0) is 23.8. The first-order valence-corrected chi connectivity index (χ1v) is 12.3. The van der Waals surface area contributed by atoms with Crippen molar-refractivity contribution < 1.29 is 24.2 Å². The van der Waals surface area contributed by atoms with Gasteiger partial charge in [0.15, 0.2) is 0 Å². The molecule has 34 heavy (non-hydrogen) atoms. The monoisotopic (exact) mass is 471 g/mol. The largest absolute Gasteiger partial charge is 0.396 e. The van der Waals surface area contributed by atoms with Crippen LogP contribution in [0, 0.1) is 11.8 Å². The van der Waals surface area contributed by atoms with Crippen LogP contribution < -0.4 is 5.56 Å². The molecule has 0 spiro atoms. The minimum absolute atomic E-state index is 0.0491. The summed E-state index contributed by atoms with van der Waals surface area (Å²) in [4.78, 5) is 43.7. The first-order valence-electron chi connectivity index (χ1n) is 12.3. The zero-order valence-electron chi connectivity index (χ0n) is 19.6. The molecule has 5 rings (SSSR count). The standard InChI is InChI=1S/C25H33N3O6/c1-33-15-21(30)28-22-18(19(14-29)23(28)25(32)26-9-11-34-12-10-26)13-27-20(22)8-7-17(24(27)31)16-5-3-2-4-6-16/h5,7-8,18-19,22-23,29H,2-4,6,9-15H2,1H3/t18-,19-,22+,23-/m0/s1. The number of aliphatic hydroxyl groups is 1. The molecule has 4 aliphatic rings. The van der Waals surface area contributed by atoms with Crippen LogP contribution >= 0.6 is 0 Å². The number of fused-ring (bicyclic) bond motifs is 3. The van der Waals surface area contributed by atoms with Gasteiger partial charge >= 0.3 is 0 Å². The Morgan fingerprint density at radius 1 is 1.21 bits per heavy atom. The van der Waals surface area contributed by atoms with Gasteiger partial charge in [-0.1, -0.05) is 6.08 Å². The van der Waals surface area contributed by atoms with E-state index in [1.165, 1.54) is 7.11 Å². The average Bonchev–Trinajstić information content (AvgIpc) is 3.40. The van der Waals surface area contributed by atoms with Crippen LogP contribution in [0.1, 0.15) is 43.0 Å². The van der Waals surface area contributed by atoms with Gasteiger partial charge in [0.25, 0.3) is 5.56 Å². The van der Waals surface area contributed by atoms with Crippen LogP contribution in [0.15, 0.2) is 23.0 Å². The summed E-state index contributed by atoms with van der Waals surface area (Å²) in [6.07, 6.45) is 6.27. The Bertz CT molecular complexity index is 1040. The van der Waals surface area contributed by atoms with Gasteiger partial charge in [-0.05, 0) is 43.4 Å². The van der Waals surface area contributed by atoms with Gasteiger partial charge in [0.1, 0.15) is 12.6 Å². The lowest BCUT2D eigenvalue weighted by Crippen LogP contribution is -2.54. The molecule has 9 nitrogen and oxygen atoms in total. The second-order valence-electron chi connectivity index (χ2n) is 9.63. The van der Waals surface area contributed by atoms with Gasteiger partial charge in [-0.15, -0.1) is 0 Å². The molecule has 184 valence electrons. The maximum Gasteiger partial charge on any atom is 0.258 e. The van der Waals surface area contributed by atoms with E-state index in [0.29, 0.717) is 32.8 Å². The van der Waals surface area contributed by atoms with Gasteiger partial charge < -0.3 is 28.9 Å². The fourth-order valence-corrected chi connectivity index (χ4v) is 6.24. The Hall–Kier alpha value is -2.49. The topological polar surface area (TPSA) is 101 Å². The second kappa shape index (κ2) is 9.64. The number of methoxy groups -OCH3 is 1. The molecule has 2 fully saturated rings. The van der Waals surface area contributed by atoms with Gasteiger partial charge in [0.2, 0.25) is 11.8 Å². The fourth-order valence-electron chi connectivity index (χ4n) is 6.24. The van der Waals surface area contributed by atoms with Crippen LogP contribution in [0.3, 0.4) is 0 Å². The van der Waals surface area contributed by atoms with E-state index >= 15 is 0 Å². The Morgan fingerprint density at radius 3 is 2.68 bits per heavy atom. The maximum absolute atomic E-state index is 13.6. The number of hydrogen-bond donors (Lipinski definition) is 1. The van der Waals surface area contributed by atoms with Gasteiger partial charge in [-0.3, -0.25) is 14.4 Å². The molecule has 1 aliphatic carbocycles. The van der Waals surface area contributed by atoms with E-state index < -0.39 is 18.0 Å². The number of ether oxygens (including phenoxy) is 2. The van der Waals surface area contributed by atoms with Crippen LogP contribution in [-0.2, 0) is 25.6 Å². The number of nitrogens with zero attached hydrogens (tertiary/aromatic N) is 3. The minimum atomic E-state index is -0.787. The predicted molar refractivity (Wildman–Crippen MR) is 124 cm³/mol. The molecule has 0 aromatic carbocycles. The smallest absolute Gasteiger partial charge is 0.258 e. The number of aromatic nitrogens is 1. The van der Waals surface area contributed by atoms with Crippen molar-refractivity contribution in [2.45, 2.75) is 44.3 Å². The van der Waals surface area contributed by atoms with Crippen molar-refractivity contribution >= 4 is 17.4 Å². The molecule has 2 saturated heterocycles. The molecule has 1 N–H and O–H groups in total. The summed E-state index contributed by atoms with van der Waals surface area (Å²) < 4.78 is 12.3. The lowest BCUT2D eigenvalue weighted by Gasteiger charge is -2.36. The molecule has 0 saturated carbocycles. The Balaban J connectivity index is 1.54. The summed E-state index contributed by atoms with van der Waals surface area (Å²) in [6, 6.07) is 2.57. The summed E-state index contributed by atoms with van der Waals surface area (Å²) in [5.74, 6) is -1.15. The molecule has 3 aliphatic heterocycles. The van der Waals surface area contributed by atoms with Gasteiger partial charge in [0, 0.05) is 56.4 Å². The number of amides is 2. The average molecular weight is 472 g/mol. The molecule has 4 atom stereocenters. The Kier molecular flexibility index (Phi) is 6.59. The molecule has 1 aromatic rings. The lowest BCUT2D eigenvalue weighted by atomic mass is 9.88. The lowest BCUT2D eigenvalue weighted by molar-refractivity contribution is -0.151. The molecular weight excluding hydrogens is 438 g/mol. The summed E-state index contributed by atoms with van der Waals surface area (Å²) in [6.45, 7) is 1.82. The zero-order valence-corrected chi connectivity index (χ0v) is 19.6. The molecule has 9 heteroatoms. The van der Waals surface area contributed by atoms with Crippen molar-refractivity contribution in [3.8, 4) is 0 Å². The van der Waals surface area contributed by atoms with E-state index in [0.717, 1.165) is 42.5 Å². The minimum Gasteiger partial charge on any atom is -0.396 e. The van der Waals surface area contributed by atoms with Gasteiger partial charge in [-0.25, -0.2) is 0 Å². The number of pyridine rings is 1. The number of likely N-dealkylation sites (tertiary alicyclic amines) is 1. The van der Waals surface area contributed by atoms with Crippen LogP contribution in [0.25, 0.3) is 5.57 Å². The summed E-state index contributed by atoms with van der Waals surface area (Å²) in [7, 11) is 1.45. The molecule has 2 amide bonds.